The normalized spacial score (nSPS) is 16.2. The number of nitrogens with zero attached hydrogens (tertiary/aromatic N) is 1. The fraction of sp³-hybridized carbons (Fsp3) is 0.562. The molecule has 1 saturated heterocycles. The molecule has 1 aliphatic rings. The van der Waals surface area contributed by atoms with E-state index in [9.17, 15) is 4.79 Å². The van der Waals surface area contributed by atoms with Crippen molar-refractivity contribution in [3.63, 3.8) is 0 Å². The fourth-order valence-electron chi connectivity index (χ4n) is 2.48. The maximum absolute atomic E-state index is 12.0. The number of ether oxygens (including phenoxy) is 1. The van der Waals surface area contributed by atoms with E-state index in [4.69, 9.17) is 27.9 Å². The number of rotatable bonds is 5. The highest BCUT2D eigenvalue weighted by Crippen LogP contribution is 2.20. The Morgan fingerprint density at radius 2 is 1.96 bits per heavy atom. The number of benzene rings is 1. The van der Waals surface area contributed by atoms with Gasteiger partial charge >= 0.3 is 6.03 Å². The van der Waals surface area contributed by atoms with Crippen LogP contribution in [0.2, 0.25) is 10.0 Å². The Bertz CT molecular complexity index is 546. The first-order valence-electron chi connectivity index (χ1n) is 7.67. The fourth-order valence-corrected chi connectivity index (χ4v) is 2.96. The summed E-state index contributed by atoms with van der Waals surface area (Å²) < 4.78 is 5.36. The third kappa shape index (κ3) is 5.53. The number of morpholine rings is 1. The number of hydrogen-bond donors (Lipinski definition) is 2. The number of carbonyl (C=O) groups is 1. The van der Waals surface area contributed by atoms with Crippen molar-refractivity contribution in [3.8, 4) is 0 Å². The molecule has 0 unspecified atom stereocenters. The van der Waals surface area contributed by atoms with Gasteiger partial charge in [-0.3, -0.25) is 4.90 Å². The average molecular weight is 360 g/mol. The Morgan fingerprint density at radius 1 is 1.26 bits per heavy atom. The Morgan fingerprint density at radius 3 is 2.61 bits per heavy atom. The van der Waals surface area contributed by atoms with Gasteiger partial charge in [-0.15, -0.1) is 0 Å². The summed E-state index contributed by atoms with van der Waals surface area (Å²) in [6, 6.07) is 5.02. The zero-order valence-corrected chi connectivity index (χ0v) is 15.0. The van der Waals surface area contributed by atoms with Gasteiger partial charge < -0.3 is 15.4 Å². The lowest BCUT2D eigenvalue weighted by molar-refractivity contribution is -0.00874. The summed E-state index contributed by atoms with van der Waals surface area (Å²) in [5.74, 6) is 0. The third-order valence-corrected chi connectivity index (χ3v) is 4.59. The Kier molecular flexibility index (Phi) is 6.53. The Labute approximate surface area is 147 Å². The minimum absolute atomic E-state index is 0.112. The molecule has 5 nitrogen and oxygen atoms in total. The number of carbonyl (C=O) groups excluding carboxylic acids is 1. The van der Waals surface area contributed by atoms with Crippen LogP contribution in [0.4, 0.5) is 4.79 Å². The average Bonchev–Trinajstić information content (AvgIpc) is 2.53. The molecule has 0 radical (unpaired) electrons. The van der Waals surface area contributed by atoms with E-state index in [1.54, 1.807) is 12.1 Å². The lowest BCUT2D eigenvalue weighted by Crippen LogP contribution is -2.56. The smallest absolute Gasteiger partial charge is 0.315 e. The first-order chi connectivity index (χ1) is 10.9. The van der Waals surface area contributed by atoms with Crippen LogP contribution in [0.3, 0.4) is 0 Å². The molecule has 0 aromatic heterocycles. The summed E-state index contributed by atoms with van der Waals surface area (Å²) in [7, 11) is 0. The van der Waals surface area contributed by atoms with E-state index in [2.05, 4.69) is 29.4 Å². The maximum atomic E-state index is 12.0. The molecule has 23 heavy (non-hydrogen) atoms. The maximum Gasteiger partial charge on any atom is 0.315 e. The number of amides is 2. The Hall–Kier alpha value is -1.01. The minimum Gasteiger partial charge on any atom is -0.379 e. The molecule has 0 atom stereocenters. The van der Waals surface area contributed by atoms with Crippen molar-refractivity contribution in [2.45, 2.75) is 25.9 Å². The van der Waals surface area contributed by atoms with Crippen molar-refractivity contribution in [3.05, 3.63) is 33.8 Å². The Balaban J connectivity index is 1.78. The van der Waals surface area contributed by atoms with Crippen LogP contribution in [0.1, 0.15) is 19.4 Å². The number of hydrogen-bond acceptors (Lipinski definition) is 3. The predicted octanol–water partition coefficient (Wildman–Crippen LogP) is 2.90. The lowest BCUT2D eigenvalue weighted by Gasteiger charge is -2.40. The summed E-state index contributed by atoms with van der Waals surface area (Å²) in [6.45, 7) is 8.42. The van der Waals surface area contributed by atoms with E-state index in [0.29, 0.717) is 23.1 Å². The van der Waals surface area contributed by atoms with Crippen LogP contribution in [-0.4, -0.2) is 49.3 Å². The molecule has 7 heteroatoms. The van der Waals surface area contributed by atoms with Gasteiger partial charge in [-0.1, -0.05) is 29.3 Å². The molecular formula is C16H23Cl2N3O2. The zero-order chi connectivity index (χ0) is 16.9. The highest BCUT2D eigenvalue weighted by atomic mass is 35.5. The van der Waals surface area contributed by atoms with Crippen molar-refractivity contribution in [1.29, 1.82) is 0 Å². The van der Waals surface area contributed by atoms with Crippen molar-refractivity contribution in [2.75, 3.05) is 32.8 Å². The number of urea groups is 1. The first-order valence-corrected chi connectivity index (χ1v) is 8.42. The molecule has 1 aromatic carbocycles. The summed E-state index contributed by atoms with van der Waals surface area (Å²) in [5.41, 5.74) is 0.720. The molecule has 0 bridgehead atoms. The molecule has 0 spiro atoms. The standard InChI is InChI=1S/C16H23Cl2N3O2/c1-16(2,21-5-7-23-8-6-21)11-20-15(22)19-10-12-3-4-13(17)9-14(12)18/h3-4,9H,5-8,10-11H2,1-2H3,(H2,19,20,22). The van der Waals surface area contributed by atoms with Crippen molar-refractivity contribution in [1.82, 2.24) is 15.5 Å². The monoisotopic (exact) mass is 359 g/mol. The number of halogens is 2. The summed E-state index contributed by atoms with van der Waals surface area (Å²) in [6.07, 6.45) is 0. The van der Waals surface area contributed by atoms with Gasteiger partial charge in [0.2, 0.25) is 0 Å². The van der Waals surface area contributed by atoms with Gasteiger partial charge in [-0.25, -0.2) is 4.79 Å². The van der Waals surface area contributed by atoms with Crippen LogP contribution >= 0.6 is 23.2 Å². The van der Waals surface area contributed by atoms with E-state index >= 15 is 0 Å². The van der Waals surface area contributed by atoms with Gasteiger partial charge in [0.05, 0.1) is 13.2 Å². The van der Waals surface area contributed by atoms with Gasteiger partial charge in [-0.05, 0) is 31.5 Å². The molecule has 1 heterocycles. The molecular weight excluding hydrogens is 337 g/mol. The molecule has 1 aromatic rings. The molecule has 2 amide bonds. The highest BCUT2D eigenvalue weighted by molar-refractivity contribution is 6.35. The van der Waals surface area contributed by atoms with Crippen LogP contribution < -0.4 is 10.6 Å². The molecule has 0 saturated carbocycles. The molecule has 2 rings (SSSR count). The molecule has 128 valence electrons. The topological polar surface area (TPSA) is 53.6 Å². The second-order valence-electron chi connectivity index (χ2n) is 6.18. The SMILES string of the molecule is CC(C)(CNC(=O)NCc1ccc(Cl)cc1Cl)N1CCOCC1. The van der Waals surface area contributed by atoms with Crippen molar-refractivity contribution >= 4 is 29.2 Å². The first kappa shape index (κ1) is 18.3. The lowest BCUT2D eigenvalue weighted by atomic mass is 10.0. The third-order valence-electron chi connectivity index (χ3n) is 4.00. The van der Waals surface area contributed by atoms with E-state index in [1.807, 2.05) is 6.07 Å². The van der Waals surface area contributed by atoms with Gasteiger partial charge in [-0.2, -0.15) is 0 Å². The molecule has 2 N–H and O–H groups in total. The van der Waals surface area contributed by atoms with Gasteiger partial charge in [0.15, 0.2) is 0 Å². The quantitative estimate of drug-likeness (QED) is 0.849. The van der Waals surface area contributed by atoms with Crippen LogP contribution in [-0.2, 0) is 11.3 Å². The van der Waals surface area contributed by atoms with E-state index in [0.717, 1.165) is 31.9 Å². The van der Waals surface area contributed by atoms with E-state index in [-0.39, 0.29) is 11.6 Å². The summed E-state index contributed by atoms with van der Waals surface area (Å²) in [4.78, 5) is 14.3. The largest absolute Gasteiger partial charge is 0.379 e. The van der Waals surface area contributed by atoms with Crippen LogP contribution in [0, 0.1) is 0 Å². The second kappa shape index (κ2) is 8.20. The minimum atomic E-state index is -0.211. The molecule has 1 aliphatic heterocycles. The highest BCUT2D eigenvalue weighted by Gasteiger charge is 2.28. The second-order valence-corrected chi connectivity index (χ2v) is 7.03. The zero-order valence-electron chi connectivity index (χ0n) is 13.5. The number of nitrogens with one attached hydrogen (secondary N) is 2. The van der Waals surface area contributed by atoms with E-state index in [1.165, 1.54) is 0 Å². The van der Waals surface area contributed by atoms with Crippen molar-refractivity contribution < 1.29 is 9.53 Å². The van der Waals surface area contributed by atoms with E-state index < -0.39 is 0 Å². The molecule has 0 aliphatic carbocycles. The summed E-state index contributed by atoms with van der Waals surface area (Å²) >= 11 is 11.9. The van der Waals surface area contributed by atoms with Gasteiger partial charge in [0, 0.05) is 41.8 Å². The molecule has 1 fully saturated rings. The van der Waals surface area contributed by atoms with Crippen LogP contribution in [0.25, 0.3) is 0 Å². The van der Waals surface area contributed by atoms with Gasteiger partial charge in [0.1, 0.15) is 0 Å². The van der Waals surface area contributed by atoms with Crippen molar-refractivity contribution in [2.24, 2.45) is 0 Å². The summed E-state index contributed by atoms with van der Waals surface area (Å²) in [5, 5.41) is 6.86. The predicted molar refractivity (Wildman–Crippen MR) is 93.2 cm³/mol. The van der Waals surface area contributed by atoms with Crippen LogP contribution in [0.15, 0.2) is 18.2 Å². The van der Waals surface area contributed by atoms with Crippen LogP contribution in [0.5, 0.6) is 0 Å². The van der Waals surface area contributed by atoms with Gasteiger partial charge in [0.25, 0.3) is 0 Å².